The van der Waals surface area contributed by atoms with E-state index in [4.69, 9.17) is 0 Å². The Balaban J connectivity index is 1.83. The van der Waals surface area contributed by atoms with Crippen LogP contribution in [0.2, 0.25) is 0 Å². The monoisotopic (exact) mass is 286 g/mol. The summed E-state index contributed by atoms with van der Waals surface area (Å²) in [5.74, 6) is 2.56. The number of fused-ring (bicyclic) bond motifs is 1. The van der Waals surface area contributed by atoms with E-state index in [1.807, 2.05) is 16.9 Å². The van der Waals surface area contributed by atoms with E-state index in [-0.39, 0.29) is 5.41 Å². The molecule has 0 radical (unpaired) electrons. The Bertz CT molecular complexity index is 623. The van der Waals surface area contributed by atoms with E-state index < -0.39 is 0 Å². The van der Waals surface area contributed by atoms with E-state index >= 15 is 0 Å². The van der Waals surface area contributed by atoms with Crippen molar-refractivity contribution in [1.82, 2.24) is 14.6 Å². The molecule has 0 amide bonds. The first-order chi connectivity index (χ1) is 9.95. The molecule has 1 aliphatic carbocycles. The SMILES string of the molecule is CC1CCCC1CNc1nccn2nc(C(C)(C)C)cc12. The Morgan fingerprint density at radius 2 is 2.14 bits per heavy atom. The van der Waals surface area contributed by atoms with Gasteiger partial charge in [-0.2, -0.15) is 5.10 Å². The lowest BCUT2D eigenvalue weighted by Crippen LogP contribution is -2.17. The van der Waals surface area contributed by atoms with Crippen molar-refractivity contribution >= 4 is 11.3 Å². The first-order valence-electron chi connectivity index (χ1n) is 8.04. The summed E-state index contributed by atoms with van der Waals surface area (Å²) in [6.45, 7) is 9.95. The first kappa shape index (κ1) is 14.4. The van der Waals surface area contributed by atoms with E-state index in [2.05, 4.69) is 49.2 Å². The van der Waals surface area contributed by atoms with Crippen LogP contribution in [0, 0.1) is 11.8 Å². The zero-order valence-electron chi connectivity index (χ0n) is 13.6. The molecule has 2 aromatic heterocycles. The molecule has 0 spiro atoms. The maximum atomic E-state index is 4.68. The fraction of sp³-hybridized carbons (Fsp3) is 0.647. The van der Waals surface area contributed by atoms with Gasteiger partial charge in [0.15, 0.2) is 5.82 Å². The molecule has 2 unspecified atom stereocenters. The number of aromatic nitrogens is 3. The molecule has 4 nitrogen and oxygen atoms in total. The lowest BCUT2D eigenvalue weighted by molar-refractivity contribution is 0.439. The van der Waals surface area contributed by atoms with Gasteiger partial charge in [0.05, 0.1) is 5.69 Å². The van der Waals surface area contributed by atoms with Gasteiger partial charge in [0.1, 0.15) is 5.52 Å². The van der Waals surface area contributed by atoms with Gasteiger partial charge in [0.2, 0.25) is 0 Å². The highest BCUT2D eigenvalue weighted by atomic mass is 15.2. The van der Waals surface area contributed by atoms with Crippen molar-refractivity contribution in [3.8, 4) is 0 Å². The Kier molecular flexibility index (Phi) is 3.64. The predicted octanol–water partition coefficient (Wildman–Crippen LogP) is 3.87. The van der Waals surface area contributed by atoms with Gasteiger partial charge in [-0.05, 0) is 24.3 Å². The first-order valence-corrected chi connectivity index (χ1v) is 8.04. The topological polar surface area (TPSA) is 42.2 Å². The summed E-state index contributed by atoms with van der Waals surface area (Å²) < 4.78 is 1.94. The van der Waals surface area contributed by atoms with Crippen LogP contribution in [0.15, 0.2) is 18.5 Å². The highest BCUT2D eigenvalue weighted by Crippen LogP contribution is 2.31. The Hall–Kier alpha value is -1.58. The summed E-state index contributed by atoms with van der Waals surface area (Å²) in [5, 5.41) is 8.23. The van der Waals surface area contributed by atoms with E-state index in [0.29, 0.717) is 0 Å². The summed E-state index contributed by atoms with van der Waals surface area (Å²) in [4.78, 5) is 4.52. The second kappa shape index (κ2) is 5.32. The Labute approximate surface area is 127 Å². The average molecular weight is 286 g/mol. The van der Waals surface area contributed by atoms with Crippen LogP contribution in [0.3, 0.4) is 0 Å². The van der Waals surface area contributed by atoms with Crippen LogP contribution in [0.25, 0.3) is 5.52 Å². The highest BCUT2D eigenvalue weighted by molar-refractivity contribution is 5.68. The van der Waals surface area contributed by atoms with Crippen LogP contribution in [0.4, 0.5) is 5.82 Å². The van der Waals surface area contributed by atoms with Crippen molar-refractivity contribution in [3.05, 3.63) is 24.2 Å². The summed E-state index contributed by atoms with van der Waals surface area (Å²) >= 11 is 0. The number of hydrogen-bond acceptors (Lipinski definition) is 3. The van der Waals surface area contributed by atoms with Gasteiger partial charge in [-0.1, -0.05) is 40.5 Å². The van der Waals surface area contributed by atoms with E-state index in [0.717, 1.165) is 35.4 Å². The minimum absolute atomic E-state index is 0.0588. The predicted molar refractivity (Wildman–Crippen MR) is 86.7 cm³/mol. The summed E-state index contributed by atoms with van der Waals surface area (Å²) in [7, 11) is 0. The Morgan fingerprint density at radius 1 is 1.33 bits per heavy atom. The minimum Gasteiger partial charge on any atom is -0.368 e. The zero-order chi connectivity index (χ0) is 15.0. The van der Waals surface area contributed by atoms with E-state index in [9.17, 15) is 0 Å². The maximum Gasteiger partial charge on any atom is 0.152 e. The smallest absolute Gasteiger partial charge is 0.152 e. The molecule has 1 fully saturated rings. The molecular formula is C17H26N4. The molecule has 114 valence electrons. The van der Waals surface area contributed by atoms with Crippen molar-refractivity contribution < 1.29 is 0 Å². The molecule has 1 saturated carbocycles. The molecule has 3 rings (SSSR count). The van der Waals surface area contributed by atoms with Gasteiger partial charge < -0.3 is 5.32 Å². The van der Waals surface area contributed by atoms with Gasteiger partial charge in [-0.15, -0.1) is 0 Å². The number of rotatable bonds is 3. The van der Waals surface area contributed by atoms with E-state index in [1.165, 1.54) is 19.3 Å². The summed E-state index contributed by atoms with van der Waals surface area (Å²) in [6, 6.07) is 2.16. The van der Waals surface area contributed by atoms with Crippen LogP contribution >= 0.6 is 0 Å². The van der Waals surface area contributed by atoms with E-state index in [1.54, 1.807) is 0 Å². The second-order valence-corrected chi connectivity index (χ2v) is 7.43. The van der Waals surface area contributed by atoms with Crippen molar-refractivity contribution in [2.75, 3.05) is 11.9 Å². The van der Waals surface area contributed by atoms with Gasteiger partial charge in [0.25, 0.3) is 0 Å². The van der Waals surface area contributed by atoms with Crippen LogP contribution in [-0.2, 0) is 5.41 Å². The van der Waals surface area contributed by atoms with Crippen molar-refractivity contribution in [2.24, 2.45) is 11.8 Å². The van der Waals surface area contributed by atoms with Gasteiger partial charge in [-0.25, -0.2) is 9.50 Å². The van der Waals surface area contributed by atoms with Crippen molar-refractivity contribution in [2.45, 2.75) is 52.4 Å². The molecule has 0 saturated heterocycles. The fourth-order valence-electron chi connectivity index (χ4n) is 3.18. The minimum atomic E-state index is 0.0588. The second-order valence-electron chi connectivity index (χ2n) is 7.43. The number of hydrogen-bond donors (Lipinski definition) is 1. The third kappa shape index (κ3) is 2.89. The third-order valence-corrected chi connectivity index (χ3v) is 4.73. The van der Waals surface area contributed by atoms with Gasteiger partial charge >= 0.3 is 0 Å². The zero-order valence-corrected chi connectivity index (χ0v) is 13.6. The molecular weight excluding hydrogens is 260 g/mol. The molecule has 0 aromatic carbocycles. The lowest BCUT2D eigenvalue weighted by atomic mass is 9.92. The molecule has 4 heteroatoms. The molecule has 1 aliphatic rings. The molecule has 0 bridgehead atoms. The van der Waals surface area contributed by atoms with Crippen LogP contribution in [-0.4, -0.2) is 21.1 Å². The number of nitrogens with zero attached hydrogens (tertiary/aromatic N) is 3. The van der Waals surface area contributed by atoms with Gasteiger partial charge in [-0.3, -0.25) is 0 Å². The van der Waals surface area contributed by atoms with Crippen LogP contribution in [0.1, 0.15) is 52.7 Å². The molecule has 2 aromatic rings. The molecule has 0 aliphatic heterocycles. The lowest BCUT2D eigenvalue weighted by Gasteiger charge is -2.16. The van der Waals surface area contributed by atoms with Crippen LogP contribution < -0.4 is 5.32 Å². The third-order valence-electron chi connectivity index (χ3n) is 4.73. The molecule has 1 N–H and O–H groups in total. The van der Waals surface area contributed by atoms with Crippen molar-refractivity contribution in [3.63, 3.8) is 0 Å². The van der Waals surface area contributed by atoms with Crippen molar-refractivity contribution in [1.29, 1.82) is 0 Å². The number of nitrogens with one attached hydrogen (secondary N) is 1. The number of anilines is 1. The van der Waals surface area contributed by atoms with Gasteiger partial charge in [0, 0.05) is 24.4 Å². The summed E-state index contributed by atoms with van der Waals surface area (Å²) in [6.07, 6.45) is 7.82. The molecule has 2 atom stereocenters. The van der Waals surface area contributed by atoms with Crippen LogP contribution in [0.5, 0.6) is 0 Å². The Morgan fingerprint density at radius 3 is 2.81 bits per heavy atom. The quantitative estimate of drug-likeness (QED) is 0.931. The normalized spacial score (nSPS) is 22.9. The summed E-state index contributed by atoms with van der Waals surface area (Å²) in [5.41, 5.74) is 2.24. The highest BCUT2D eigenvalue weighted by Gasteiger charge is 2.24. The fourth-order valence-corrected chi connectivity index (χ4v) is 3.18. The molecule has 2 heterocycles. The molecule has 21 heavy (non-hydrogen) atoms. The maximum absolute atomic E-state index is 4.68. The average Bonchev–Trinajstić information content (AvgIpc) is 3.02. The largest absolute Gasteiger partial charge is 0.368 e. The standard InChI is InChI=1S/C17H26N4/c1-12-6-5-7-13(12)11-19-16-14-10-15(17(2,3)4)20-21(14)9-8-18-16/h8-10,12-13H,5-7,11H2,1-4H3,(H,18,19).